The molecule has 0 aliphatic carbocycles. The van der Waals surface area contributed by atoms with Crippen LogP contribution in [0.3, 0.4) is 0 Å². The van der Waals surface area contributed by atoms with E-state index in [4.69, 9.17) is 4.74 Å². The Kier molecular flexibility index (Phi) is 5.01. The van der Waals surface area contributed by atoms with E-state index in [2.05, 4.69) is 5.32 Å². The zero-order valence-corrected chi connectivity index (χ0v) is 8.77. The van der Waals surface area contributed by atoms with E-state index >= 15 is 0 Å². The van der Waals surface area contributed by atoms with Crippen LogP contribution in [-0.4, -0.2) is 6.09 Å². The molecule has 0 saturated carbocycles. The Bertz CT molecular complexity index is 320. The number of hydrogen-bond acceptors (Lipinski definition) is 2. The van der Waals surface area contributed by atoms with Crippen LogP contribution in [0.5, 0.6) is 0 Å². The van der Waals surface area contributed by atoms with E-state index in [0.717, 1.165) is 12.0 Å². The highest BCUT2D eigenvalue weighted by atomic mass is 16.5. The summed E-state index contributed by atoms with van der Waals surface area (Å²) in [6, 6.07) is 9.57. The molecule has 0 radical (unpaired) electrons. The Labute approximate surface area is 89.8 Å². The van der Waals surface area contributed by atoms with Gasteiger partial charge in [0.2, 0.25) is 0 Å². The first-order valence-corrected chi connectivity index (χ1v) is 4.95. The minimum Gasteiger partial charge on any atom is -0.444 e. The Hall–Kier alpha value is -1.77. The fourth-order valence-electron chi connectivity index (χ4n) is 1.01. The van der Waals surface area contributed by atoms with Gasteiger partial charge in [0.05, 0.1) is 0 Å². The number of alkyl carbamates (subject to hydrolysis) is 1. The highest BCUT2D eigenvalue weighted by Gasteiger charge is 1.98. The molecule has 15 heavy (non-hydrogen) atoms. The second-order valence-corrected chi connectivity index (χ2v) is 3.02. The topological polar surface area (TPSA) is 38.3 Å². The van der Waals surface area contributed by atoms with Crippen molar-refractivity contribution in [1.82, 2.24) is 5.32 Å². The van der Waals surface area contributed by atoms with E-state index in [-0.39, 0.29) is 0 Å². The van der Waals surface area contributed by atoms with Crippen molar-refractivity contribution in [3.05, 3.63) is 48.2 Å². The number of rotatable bonds is 4. The van der Waals surface area contributed by atoms with Gasteiger partial charge in [0.1, 0.15) is 6.61 Å². The van der Waals surface area contributed by atoms with Crippen molar-refractivity contribution in [2.75, 3.05) is 0 Å². The highest BCUT2D eigenvalue weighted by Crippen LogP contribution is 2.00. The van der Waals surface area contributed by atoms with Gasteiger partial charge in [0.15, 0.2) is 0 Å². The van der Waals surface area contributed by atoms with Gasteiger partial charge < -0.3 is 4.74 Å². The minimum absolute atomic E-state index is 0.298. The molecule has 1 aromatic rings. The maximum Gasteiger partial charge on any atom is 0.411 e. The summed E-state index contributed by atoms with van der Waals surface area (Å²) in [5.74, 6) is 0. The predicted octanol–water partition coefficient (Wildman–Crippen LogP) is 2.84. The van der Waals surface area contributed by atoms with E-state index in [1.165, 1.54) is 0 Å². The molecule has 0 aliphatic rings. The third-order valence-corrected chi connectivity index (χ3v) is 1.77. The SMILES string of the molecule is CCC=CNC(=O)OCc1ccccc1. The van der Waals surface area contributed by atoms with Crippen molar-refractivity contribution in [1.29, 1.82) is 0 Å². The van der Waals surface area contributed by atoms with Crippen LogP contribution in [0.25, 0.3) is 0 Å². The molecule has 0 aromatic heterocycles. The number of ether oxygens (including phenoxy) is 1. The third kappa shape index (κ3) is 4.86. The smallest absolute Gasteiger partial charge is 0.411 e. The van der Waals surface area contributed by atoms with Crippen LogP contribution in [0.15, 0.2) is 42.6 Å². The quantitative estimate of drug-likeness (QED) is 0.820. The number of hydrogen-bond donors (Lipinski definition) is 1. The molecule has 0 spiro atoms. The Morgan fingerprint density at radius 1 is 1.40 bits per heavy atom. The van der Waals surface area contributed by atoms with Gasteiger partial charge in [-0.05, 0) is 12.0 Å². The summed E-state index contributed by atoms with van der Waals surface area (Å²) in [6.07, 6.45) is 3.90. The van der Waals surface area contributed by atoms with Crippen molar-refractivity contribution < 1.29 is 9.53 Å². The van der Waals surface area contributed by atoms with Crippen LogP contribution in [0, 0.1) is 0 Å². The molecule has 3 nitrogen and oxygen atoms in total. The summed E-state index contributed by atoms with van der Waals surface area (Å²) in [6.45, 7) is 2.29. The van der Waals surface area contributed by atoms with Crippen LogP contribution in [0.1, 0.15) is 18.9 Å². The molecular formula is C12H15NO2. The Morgan fingerprint density at radius 3 is 2.80 bits per heavy atom. The summed E-state index contributed by atoms with van der Waals surface area (Å²) in [4.78, 5) is 11.1. The first kappa shape index (κ1) is 11.3. The lowest BCUT2D eigenvalue weighted by atomic mass is 10.2. The van der Waals surface area contributed by atoms with E-state index in [0.29, 0.717) is 6.61 Å². The summed E-state index contributed by atoms with van der Waals surface area (Å²) in [5.41, 5.74) is 0.979. The van der Waals surface area contributed by atoms with Crippen LogP contribution in [-0.2, 0) is 11.3 Å². The first-order valence-electron chi connectivity index (χ1n) is 4.95. The van der Waals surface area contributed by atoms with Crippen molar-refractivity contribution in [2.45, 2.75) is 20.0 Å². The number of carbonyl (C=O) groups excluding carboxylic acids is 1. The number of allylic oxidation sites excluding steroid dienone is 1. The molecule has 0 saturated heterocycles. The van der Waals surface area contributed by atoms with Crippen LogP contribution in [0.2, 0.25) is 0 Å². The van der Waals surface area contributed by atoms with Gasteiger partial charge in [-0.1, -0.05) is 43.3 Å². The number of amides is 1. The monoisotopic (exact) mass is 205 g/mol. The van der Waals surface area contributed by atoms with Crippen molar-refractivity contribution in [2.24, 2.45) is 0 Å². The summed E-state index contributed by atoms with van der Waals surface area (Å²) < 4.78 is 4.97. The van der Waals surface area contributed by atoms with E-state index < -0.39 is 6.09 Å². The molecule has 1 rings (SSSR count). The third-order valence-electron chi connectivity index (χ3n) is 1.77. The van der Waals surface area contributed by atoms with Crippen LogP contribution in [0.4, 0.5) is 4.79 Å². The van der Waals surface area contributed by atoms with Gasteiger partial charge in [0, 0.05) is 6.20 Å². The standard InChI is InChI=1S/C12H15NO2/c1-2-3-9-13-12(14)15-10-11-7-5-4-6-8-11/h3-9H,2,10H2,1H3,(H,13,14). The van der Waals surface area contributed by atoms with Crippen LogP contribution < -0.4 is 5.32 Å². The number of carbonyl (C=O) groups is 1. The van der Waals surface area contributed by atoms with Gasteiger partial charge in [-0.2, -0.15) is 0 Å². The average molecular weight is 205 g/mol. The van der Waals surface area contributed by atoms with E-state index in [1.54, 1.807) is 6.20 Å². The van der Waals surface area contributed by atoms with Crippen molar-refractivity contribution in [3.63, 3.8) is 0 Å². The molecule has 1 N–H and O–H groups in total. The molecule has 0 bridgehead atoms. The maximum absolute atomic E-state index is 11.1. The maximum atomic E-state index is 11.1. The van der Waals surface area contributed by atoms with Gasteiger partial charge in [0.25, 0.3) is 0 Å². The second kappa shape index (κ2) is 6.65. The second-order valence-electron chi connectivity index (χ2n) is 3.02. The lowest BCUT2D eigenvalue weighted by molar-refractivity contribution is 0.143. The van der Waals surface area contributed by atoms with E-state index in [1.807, 2.05) is 43.3 Å². The Morgan fingerprint density at radius 2 is 2.13 bits per heavy atom. The largest absolute Gasteiger partial charge is 0.444 e. The molecular weight excluding hydrogens is 190 g/mol. The summed E-state index contributed by atoms with van der Waals surface area (Å²) >= 11 is 0. The zero-order chi connectivity index (χ0) is 10.9. The molecule has 0 heterocycles. The van der Waals surface area contributed by atoms with Crippen molar-refractivity contribution in [3.8, 4) is 0 Å². The van der Waals surface area contributed by atoms with Gasteiger partial charge in [-0.25, -0.2) is 4.79 Å². The fraction of sp³-hybridized carbons (Fsp3) is 0.250. The van der Waals surface area contributed by atoms with Gasteiger partial charge in [-0.15, -0.1) is 0 Å². The minimum atomic E-state index is -0.427. The van der Waals surface area contributed by atoms with Gasteiger partial charge in [-0.3, -0.25) is 5.32 Å². The van der Waals surface area contributed by atoms with E-state index in [9.17, 15) is 4.79 Å². The summed E-state index contributed by atoms with van der Waals surface area (Å²) in [7, 11) is 0. The zero-order valence-electron chi connectivity index (χ0n) is 8.77. The fourth-order valence-corrected chi connectivity index (χ4v) is 1.01. The van der Waals surface area contributed by atoms with Crippen LogP contribution >= 0.6 is 0 Å². The van der Waals surface area contributed by atoms with Crippen molar-refractivity contribution >= 4 is 6.09 Å². The Balaban J connectivity index is 2.26. The lowest BCUT2D eigenvalue weighted by Gasteiger charge is -2.03. The number of benzene rings is 1. The highest BCUT2D eigenvalue weighted by molar-refractivity contribution is 5.68. The predicted molar refractivity (Wildman–Crippen MR) is 59.2 cm³/mol. The average Bonchev–Trinajstić information content (AvgIpc) is 2.28. The normalized spacial score (nSPS) is 10.2. The van der Waals surface area contributed by atoms with Gasteiger partial charge >= 0.3 is 6.09 Å². The molecule has 0 fully saturated rings. The first-order chi connectivity index (χ1) is 7.33. The molecule has 80 valence electrons. The molecule has 1 amide bonds. The summed E-state index contributed by atoms with van der Waals surface area (Å²) in [5, 5.41) is 2.51. The molecule has 0 atom stereocenters. The molecule has 0 aliphatic heterocycles. The number of nitrogens with one attached hydrogen (secondary N) is 1. The lowest BCUT2D eigenvalue weighted by Crippen LogP contribution is -2.18. The molecule has 3 heteroatoms. The molecule has 1 aromatic carbocycles. The molecule has 0 unspecified atom stereocenters.